The molecule has 2 N–H and O–H groups in total. The maximum absolute atomic E-state index is 9.47. The van der Waals surface area contributed by atoms with E-state index in [1.807, 2.05) is 18.3 Å². The van der Waals surface area contributed by atoms with Gasteiger partial charge < -0.3 is 10.4 Å². The average molecular weight is 262 g/mol. The number of aromatic hydroxyl groups is 1. The van der Waals surface area contributed by atoms with E-state index in [2.05, 4.69) is 24.1 Å². The van der Waals surface area contributed by atoms with E-state index in [9.17, 15) is 5.11 Å². The van der Waals surface area contributed by atoms with Gasteiger partial charge in [-0.15, -0.1) is 11.3 Å². The summed E-state index contributed by atoms with van der Waals surface area (Å²) in [6, 6.07) is 7.54. The molecule has 0 spiro atoms. The van der Waals surface area contributed by atoms with Crippen LogP contribution in [0.3, 0.4) is 0 Å². The number of aromatic nitrogens is 1. The zero-order chi connectivity index (χ0) is 13.0. The summed E-state index contributed by atoms with van der Waals surface area (Å²) in [5, 5.41) is 13.9. The van der Waals surface area contributed by atoms with E-state index in [0.717, 1.165) is 23.5 Å². The van der Waals surface area contributed by atoms with Crippen molar-refractivity contribution in [2.45, 2.75) is 26.3 Å². The summed E-state index contributed by atoms with van der Waals surface area (Å²) in [5.41, 5.74) is 0.967. The summed E-state index contributed by atoms with van der Waals surface area (Å²) in [6.45, 7) is 5.32. The molecule has 0 fully saturated rings. The van der Waals surface area contributed by atoms with Gasteiger partial charge in [0.15, 0.2) is 0 Å². The minimum Gasteiger partial charge on any atom is -0.508 e. The predicted molar refractivity (Wildman–Crippen MR) is 75.9 cm³/mol. The van der Waals surface area contributed by atoms with Crippen LogP contribution in [0.5, 0.6) is 5.75 Å². The number of phenolic OH excluding ortho intramolecular Hbond substituents is 1. The van der Waals surface area contributed by atoms with Gasteiger partial charge in [0.1, 0.15) is 10.8 Å². The number of nitrogens with zero attached hydrogens (tertiary/aromatic N) is 1. The van der Waals surface area contributed by atoms with Crippen molar-refractivity contribution < 1.29 is 5.11 Å². The first kappa shape index (κ1) is 13.1. The van der Waals surface area contributed by atoms with Crippen molar-refractivity contribution in [2.24, 2.45) is 0 Å². The average Bonchev–Trinajstić information content (AvgIpc) is 2.85. The molecule has 2 aromatic rings. The summed E-state index contributed by atoms with van der Waals surface area (Å²) >= 11 is 1.67. The normalized spacial score (nSPS) is 12.6. The Balaban J connectivity index is 2.15. The Hall–Kier alpha value is -1.39. The lowest BCUT2D eigenvalue weighted by molar-refractivity contribution is 0.475. The standard InChI is InChI=1S/C14H18N2OS/c1-3-7-15-10(2)13-9-16-14(18-13)11-5-4-6-12(17)8-11/h4-6,8-10,15,17H,3,7H2,1-2H3. The van der Waals surface area contributed by atoms with E-state index in [1.165, 1.54) is 4.88 Å². The summed E-state index contributed by atoms with van der Waals surface area (Å²) in [5.74, 6) is 0.279. The quantitative estimate of drug-likeness (QED) is 0.865. The number of rotatable bonds is 5. The number of hydrogen-bond acceptors (Lipinski definition) is 4. The first-order chi connectivity index (χ1) is 8.70. The molecule has 4 heteroatoms. The summed E-state index contributed by atoms with van der Waals surface area (Å²) in [4.78, 5) is 5.65. The third-order valence-electron chi connectivity index (χ3n) is 2.74. The fourth-order valence-electron chi connectivity index (χ4n) is 1.72. The van der Waals surface area contributed by atoms with Gasteiger partial charge in [-0.25, -0.2) is 4.98 Å². The Kier molecular flexibility index (Phi) is 4.33. The molecule has 3 nitrogen and oxygen atoms in total. The Morgan fingerprint density at radius 2 is 2.28 bits per heavy atom. The number of hydrogen-bond donors (Lipinski definition) is 2. The molecule has 1 aromatic carbocycles. The van der Waals surface area contributed by atoms with Gasteiger partial charge in [-0.2, -0.15) is 0 Å². The number of benzene rings is 1. The lowest BCUT2D eigenvalue weighted by Gasteiger charge is -2.09. The summed E-state index contributed by atoms with van der Waals surface area (Å²) < 4.78 is 0. The predicted octanol–water partition coefficient (Wildman–Crippen LogP) is 3.58. The minimum absolute atomic E-state index is 0.279. The van der Waals surface area contributed by atoms with Crippen LogP contribution in [0, 0.1) is 0 Å². The zero-order valence-corrected chi connectivity index (χ0v) is 11.5. The van der Waals surface area contributed by atoms with Crippen molar-refractivity contribution in [3.05, 3.63) is 35.3 Å². The lowest BCUT2D eigenvalue weighted by Crippen LogP contribution is -2.18. The Labute approximate surface area is 112 Å². The van der Waals surface area contributed by atoms with Crippen LogP contribution in [-0.2, 0) is 0 Å². The van der Waals surface area contributed by atoms with Gasteiger partial charge in [0.2, 0.25) is 0 Å². The second kappa shape index (κ2) is 5.98. The van der Waals surface area contributed by atoms with E-state index in [0.29, 0.717) is 6.04 Å². The van der Waals surface area contributed by atoms with Gasteiger partial charge in [0, 0.05) is 22.7 Å². The third-order valence-corrected chi connectivity index (χ3v) is 3.97. The second-order valence-electron chi connectivity index (χ2n) is 4.29. The Morgan fingerprint density at radius 3 is 3.00 bits per heavy atom. The van der Waals surface area contributed by atoms with Crippen molar-refractivity contribution in [1.82, 2.24) is 10.3 Å². The fourth-order valence-corrected chi connectivity index (χ4v) is 2.66. The largest absolute Gasteiger partial charge is 0.508 e. The van der Waals surface area contributed by atoms with Gasteiger partial charge in [0.25, 0.3) is 0 Å². The van der Waals surface area contributed by atoms with Gasteiger partial charge >= 0.3 is 0 Å². The molecule has 1 unspecified atom stereocenters. The van der Waals surface area contributed by atoms with Crippen molar-refractivity contribution in [2.75, 3.05) is 6.54 Å². The molecule has 96 valence electrons. The highest BCUT2D eigenvalue weighted by Crippen LogP contribution is 2.30. The molecule has 0 radical (unpaired) electrons. The third kappa shape index (κ3) is 3.09. The van der Waals surface area contributed by atoms with Crippen LogP contribution in [-0.4, -0.2) is 16.6 Å². The fraction of sp³-hybridized carbons (Fsp3) is 0.357. The molecule has 1 aromatic heterocycles. The lowest BCUT2D eigenvalue weighted by atomic mass is 10.2. The molecule has 2 rings (SSSR count). The van der Waals surface area contributed by atoms with Crippen LogP contribution in [0.4, 0.5) is 0 Å². The molecule has 0 saturated heterocycles. The number of nitrogens with one attached hydrogen (secondary N) is 1. The van der Waals surface area contributed by atoms with Crippen LogP contribution in [0.1, 0.15) is 31.2 Å². The Morgan fingerprint density at radius 1 is 1.44 bits per heavy atom. The maximum Gasteiger partial charge on any atom is 0.123 e. The van der Waals surface area contributed by atoms with Gasteiger partial charge in [-0.3, -0.25) is 0 Å². The summed E-state index contributed by atoms with van der Waals surface area (Å²) in [7, 11) is 0. The van der Waals surface area contributed by atoms with E-state index < -0.39 is 0 Å². The van der Waals surface area contributed by atoms with Gasteiger partial charge in [0.05, 0.1) is 0 Å². The van der Waals surface area contributed by atoms with Crippen molar-refractivity contribution >= 4 is 11.3 Å². The van der Waals surface area contributed by atoms with Crippen LogP contribution < -0.4 is 5.32 Å². The highest BCUT2D eigenvalue weighted by atomic mass is 32.1. The molecule has 0 saturated carbocycles. The first-order valence-corrected chi connectivity index (χ1v) is 7.01. The smallest absolute Gasteiger partial charge is 0.123 e. The maximum atomic E-state index is 9.47. The van der Waals surface area contributed by atoms with Crippen molar-refractivity contribution in [1.29, 1.82) is 0 Å². The highest BCUT2D eigenvalue weighted by molar-refractivity contribution is 7.15. The second-order valence-corrected chi connectivity index (χ2v) is 5.36. The first-order valence-electron chi connectivity index (χ1n) is 6.19. The van der Waals surface area contributed by atoms with E-state index >= 15 is 0 Å². The zero-order valence-electron chi connectivity index (χ0n) is 10.7. The molecule has 1 atom stereocenters. The highest BCUT2D eigenvalue weighted by Gasteiger charge is 2.10. The van der Waals surface area contributed by atoms with Crippen LogP contribution >= 0.6 is 11.3 Å². The van der Waals surface area contributed by atoms with Crippen LogP contribution in [0.15, 0.2) is 30.5 Å². The molecule has 0 amide bonds. The molecule has 0 aliphatic carbocycles. The Bertz CT molecular complexity index is 510. The van der Waals surface area contributed by atoms with Crippen LogP contribution in [0.25, 0.3) is 10.6 Å². The van der Waals surface area contributed by atoms with Crippen molar-refractivity contribution in [3.63, 3.8) is 0 Å². The molecule has 1 heterocycles. The topological polar surface area (TPSA) is 45.2 Å². The van der Waals surface area contributed by atoms with E-state index in [-0.39, 0.29) is 5.75 Å². The number of phenols is 1. The van der Waals surface area contributed by atoms with Gasteiger partial charge in [-0.05, 0) is 32.0 Å². The van der Waals surface area contributed by atoms with Gasteiger partial charge in [-0.1, -0.05) is 19.1 Å². The molecular weight excluding hydrogens is 244 g/mol. The van der Waals surface area contributed by atoms with E-state index in [1.54, 1.807) is 23.5 Å². The van der Waals surface area contributed by atoms with E-state index in [4.69, 9.17) is 0 Å². The summed E-state index contributed by atoms with van der Waals surface area (Å²) in [6.07, 6.45) is 3.04. The van der Waals surface area contributed by atoms with Crippen molar-refractivity contribution in [3.8, 4) is 16.3 Å². The monoisotopic (exact) mass is 262 g/mol. The molecule has 0 bridgehead atoms. The SMILES string of the molecule is CCCNC(C)c1cnc(-c2cccc(O)c2)s1. The number of thiazole rings is 1. The molecular formula is C14H18N2OS. The molecule has 18 heavy (non-hydrogen) atoms. The molecule has 0 aliphatic heterocycles. The molecule has 0 aliphatic rings. The van der Waals surface area contributed by atoms with Crippen LogP contribution in [0.2, 0.25) is 0 Å². The minimum atomic E-state index is 0.279.